The van der Waals surface area contributed by atoms with Gasteiger partial charge in [0.05, 0.1) is 18.3 Å². The van der Waals surface area contributed by atoms with Crippen LogP contribution in [0.5, 0.6) is 11.5 Å². The van der Waals surface area contributed by atoms with Crippen molar-refractivity contribution in [1.82, 2.24) is 14.8 Å². The van der Waals surface area contributed by atoms with E-state index in [1.54, 1.807) is 16.4 Å². The van der Waals surface area contributed by atoms with Crippen molar-refractivity contribution < 1.29 is 19.0 Å². The molecule has 2 aromatic carbocycles. The Morgan fingerprint density at radius 2 is 1.89 bits per heavy atom. The third-order valence-electron chi connectivity index (χ3n) is 5.72. The summed E-state index contributed by atoms with van der Waals surface area (Å²) < 4.78 is 19.4. The van der Waals surface area contributed by atoms with Crippen LogP contribution in [0.1, 0.15) is 58.2 Å². The van der Waals surface area contributed by atoms with Crippen molar-refractivity contribution in [3.8, 4) is 11.5 Å². The molecule has 0 spiro atoms. The van der Waals surface area contributed by atoms with Crippen LogP contribution >= 0.6 is 23.4 Å². The van der Waals surface area contributed by atoms with Gasteiger partial charge in [0.25, 0.3) is 0 Å². The van der Waals surface area contributed by atoms with E-state index < -0.39 is 12.0 Å². The molecule has 1 aliphatic heterocycles. The maximum absolute atomic E-state index is 13.3. The smallest absolute Gasteiger partial charge is 0.338 e. The van der Waals surface area contributed by atoms with Gasteiger partial charge in [-0.05, 0) is 69.5 Å². The molecule has 0 bridgehead atoms. The molecule has 2 heterocycles. The Morgan fingerprint density at radius 1 is 1.13 bits per heavy atom. The fourth-order valence-electron chi connectivity index (χ4n) is 4.06. The van der Waals surface area contributed by atoms with Crippen LogP contribution < -0.4 is 14.8 Å². The Labute approximate surface area is 232 Å². The zero-order valence-electron chi connectivity index (χ0n) is 22.3. The number of aromatic nitrogens is 3. The molecule has 10 heteroatoms. The van der Waals surface area contributed by atoms with Gasteiger partial charge in [0.15, 0.2) is 11.5 Å². The molecule has 1 aliphatic rings. The molecule has 0 fully saturated rings. The molecule has 1 atom stereocenters. The monoisotopic (exact) mass is 556 g/mol. The van der Waals surface area contributed by atoms with Crippen molar-refractivity contribution in [2.75, 3.05) is 17.7 Å². The number of nitrogens with zero attached hydrogens (tertiary/aromatic N) is 3. The van der Waals surface area contributed by atoms with E-state index >= 15 is 0 Å². The molecule has 1 N–H and O–H groups in total. The van der Waals surface area contributed by atoms with E-state index in [4.69, 9.17) is 30.9 Å². The molecule has 202 valence electrons. The number of anilines is 1. The van der Waals surface area contributed by atoms with Gasteiger partial charge >= 0.3 is 5.97 Å². The first-order valence-corrected chi connectivity index (χ1v) is 14.1. The summed E-state index contributed by atoms with van der Waals surface area (Å²) in [6.45, 7) is 10.4. The Kier molecular flexibility index (Phi) is 9.22. The van der Waals surface area contributed by atoms with Crippen molar-refractivity contribution in [2.24, 2.45) is 0 Å². The lowest BCUT2D eigenvalue weighted by Crippen LogP contribution is -2.30. The number of halogens is 1. The SMILES string of the molecule is CCCSc1nc2n(n1)C(c1ccc(OCc3ccc(Cl)cc3)c(OCC)c1)C(C(=O)OC(C)C)=C(C)N2. The number of carbonyl (C=O) groups is 1. The molecule has 0 saturated heterocycles. The molecular formula is C28H33ClN4O4S. The number of hydrogen-bond acceptors (Lipinski definition) is 8. The minimum Gasteiger partial charge on any atom is -0.490 e. The van der Waals surface area contributed by atoms with E-state index in [1.807, 2.05) is 70.2 Å². The Hall–Kier alpha value is -3.17. The van der Waals surface area contributed by atoms with Gasteiger partial charge in [0.1, 0.15) is 12.6 Å². The standard InChI is InChI=1S/C28H33ClN4O4S/c1-6-14-38-28-31-27-30-18(5)24(26(34)37-17(3)4)25(33(27)32-28)20-10-13-22(23(15-20)35-7-2)36-16-19-8-11-21(29)12-9-19/h8-13,15,17,25H,6-7,14,16H2,1-5H3,(H,30,31,32). The summed E-state index contributed by atoms with van der Waals surface area (Å²) in [7, 11) is 0. The highest BCUT2D eigenvalue weighted by atomic mass is 35.5. The quantitative estimate of drug-likeness (QED) is 0.207. The van der Waals surface area contributed by atoms with Crippen molar-refractivity contribution in [3.63, 3.8) is 0 Å². The van der Waals surface area contributed by atoms with Gasteiger partial charge in [-0.15, -0.1) is 5.10 Å². The molecule has 38 heavy (non-hydrogen) atoms. The molecule has 0 amide bonds. The van der Waals surface area contributed by atoms with Crippen LogP contribution in [0.15, 0.2) is 58.9 Å². The number of ether oxygens (including phenoxy) is 3. The summed E-state index contributed by atoms with van der Waals surface area (Å²) in [5, 5.41) is 9.32. The molecule has 0 saturated carbocycles. The van der Waals surface area contributed by atoms with Crippen LogP contribution in [-0.4, -0.2) is 39.2 Å². The van der Waals surface area contributed by atoms with Gasteiger partial charge in [0, 0.05) is 16.5 Å². The van der Waals surface area contributed by atoms with Crippen molar-refractivity contribution in [1.29, 1.82) is 0 Å². The minimum absolute atomic E-state index is 0.265. The second kappa shape index (κ2) is 12.6. The first-order valence-electron chi connectivity index (χ1n) is 12.7. The lowest BCUT2D eigenvalue weighted by atomic mass is 9.95. The van der Waals surface area contributed by atoms with Crippen molar-refractivity contribution in [2.45, 2.75) is 64.9 Å². The highest BCUT2D eigenvalue weighted by Gasteiger charge is 2.36. The first-order chi connectivity index (χ1) is 18.3. The van der Waals surface area contributed by atoms with Crippen LogP contribution in [0.4, 0.5) is 5.95 Å². The molecule has 1 unspecified atom stereocenters. The van der Waals surface area contributed by atoms with E-state index in [9.17, 15) is 4.79 Å². The zero-order valence-corrected chi connectivity index (χ0v) is 23.9. The molecule has 1 aromatic heterocycles. The fourth-order valence-corrected chi connectivity index (χ4v) is 4.87. The number of benzene rings is 2. The predicted molar refractivity (Wildman–Crippen MR) is 150 cm³/mol. The topological polar surface area (TPSA) is 87.5 Å². The molecular weight excluding hydrogens is 524 g/mol. The summed E-state index contributed by atoms with van der Waals surface area (Å²) in [5.74, 6) is 2.25. The van der Waals surface area contributed by atoms with Gasteiger partial charge in [-0.1, -0.05) is 48.5 Å². The van der Waals surface area contributed by atoms with Gasteiger partial charge in [-0.2, -0.15) is 4.98 Å². The van der Waals surface area contributed by atoms with Crippen LogP contribution in [0.2, 0.25) is 5.02 Å². The number of esters is 1. The summed E-state index contributed by atoms with van der Waals surface area (Å²) in [6.07, 6.45) is 0.739. The number of allylic oxidation sites excluding steroid dienone is 1. The lowest BCUT2D eigenvalue weighted by Gasteiger charge is -2.29. The van der Waals surface area contributed by atoms with Crippen LogP contribution in [-0.2, 0) is 16.1 Å². The molecule has 4 rings (SSSR count). The maximum atomic E-state index is 13.3. The Morgan fingerprint density at radius 3 is 2.58 bits per heavy atom. The average Bonchev–Trinajstić information content (AvgIpc) is 3.28. The number of carbonyl (C=O) groups excluding carboxylic acids is 1. The number of thioether (sulfide) groups is 1. The summed E-state index contributed by atoms with van der Waals surface area (Å²) >= 11 is 7.59. The molecule has 0 radical (unpaired) electrons. The number of nitrogens with one attached hydrogen (secondary N) is 1. The second-order valence-electron chi connectivity index (χ2n) is 9.09. The Balaban J connectivity index is 1.72. The second-order valence-corrected chi connectivity index (χ2v) is 10.6. The van der Waals surface area contributed by atoms with Crippen molar-refractivity contribution in [3.05, 3.63) is 69.9 Å². The van der Waals surface area contributed by atoms with Gasteiger partial charge in [-0.25, -0.2) is 9.48 Å². The van der Waals surface area contributed by atoms with Gasteiger partial charge < -0.3 is 19.5 Å². The van der Waals surface area contributed by atoms with Crippen molar-refractivity contribution >= 4 is 35.3 Å². The fraction of sp³-hybridized carbons (Fsp3) is 0.393. The van der Waals surface area contributed by atoms with E-state index in [2.05, 4.69) is 17.2 Å². The summed E-state index contributed by atoms with van der Waals surface area (Å²) in [6, 6.07) is 12.7. The number of hydrogen-bond donors (Lipinski definition) is 1. The van der Waals surface area contributed by atoms with E-state index in [1.165, 1.54) is 0 Å². The number of rotatable bonds is 11. The Bertz CT molecular complexity index is 1310. The highest BCUT2D eigenvalue weighted by molar-refractivity contribution is 7.99. The lowest BCUT2D eigenvalue weighted by molar-refractivity contribution is -0.143. The van der Waals surface area contributed by atoms with Crippen LogP contribution in [0.25, 0.3) is 0 Å². The molecule has 0 aliphatic carbocycles. The van der Waals surface area contributed by atoms with Gasteiger partial charge in [0.2, 0.25) is 11.1 Å². The van der Waals surface area contributed by atoms with Gasteiger partial charge in [-0.3, -0.25) is 0 Å². The summed E-state index contributed by atoms with van der Waals surface area (Å²) in [4.78, 5) is 18.0. The maximum Gasteiger partial charge on any atom is 0.338 e. The third kappa shape index (κ3) is 6.45. The molecule has 3 aromatic rings. The van der Waals surface area contributed by atoms with E-state index in [0.29, 0.717) is 52.1 Å². The minimum atomic E-state index is -0.550. The van der Waals surface area contributed by atoms with Crippen LogP contribution in [0.3, 0.4) is 0 Å². The van der Waals surface area contributed by atoms with Crippen LogP contribution in [0, 0.1) is 0 Å². The molecule has 8 nitrogen and oxygen atoms in total. The normalized spacial score (nSPS) is 14.8. The highest BCUT2D eigenvalue weighted by Crippen LogP contribution is 2.40. The largest absolute Gasteiger partial charge is 0.490 e. The van der Waals surface area contributed by atoms with E-state index in [0.717, 1.165) is 23.3 Å². The number of fused-ring (bicyclic) bond motifs is 1. The first kappa shape index (κ1) is 27.9. The summed E-state index contributed by atoms with van der Waals surface area (Å²) in [5.41, 5.74) is 2.94. The third-order valence-corrected chi connectivity index (χ3v) is 7.02. The predicted octanol–water partition coefficient (Wildman–Crippen LogP) is 6.65. The zero-order chi connectivity index (χ0) is 27.2. The van der Waals surface area contributed by atoms with E-state index in [-0.39, 0.29) is 6.10 Å². The average molecular weight is 557 g/mol.